The Morgan fingerprint density at radius 2 is 2.28 bits per heavy atom. The molecular formula is C16H18ClN7O. The first kappa shape index (κ1) is 16.2. The second kappa shape index (κ2) is 6.91. The Hall–Kier alpha value is -2.29. The van der Waals surface area contributed by atoms with E-state index >= 15 is 0 Å². The van der Waals surface area contributed by atoms with Crippen LogP contribution in [0, 0.1) is 0 Å². The third-order valence-electron chi connectivity index (χ3n) is 4.21. The number of anilines is 1. The van der Waals surface area contributed by atoms with Crippen LogP contribution in [0.2, 0.25) is 5.15 Å². The van der Waals surface area contributed by atoms with E-state index in [1.54, 1.807) is 38.1 Å². The van der Waals surface area contributed by atoms with Crippen LogP contribution < -0.4 is 10.6 Å². The van der Waals surface area contributed by atoms with Crippen LogP contribution in [0.25, 0.3) is 16.9 Å². The van der Waals surface area contributed by atoms with Gasteiger partial charge in [0.05, 0.1) is 36.2 Å². The maximum atomic E-state index is 5.92. The van der Waals surface area contributed by atoms with Crippen molar-refractivity contribution >= 4 is 28.5 Å². The van der Waals surface area contributed by atoms with Crippen molar-refractivity contribution in [2.75, 3.05) is 25.6 Å². The maximum Gasteiger partial charge on any atom is 0.159 e. The molecule has 2 atom stereocenters. The second-order valence-corrected chi connectivity index (χ2v) is 6.40. The molecule has 4 rings (SSSR count). The molecule has 1 fully saturated rings. The topological polar surface area (TPSA) is 89.8 Å². The van der Waals surface area contributed by atoms with Gasteiger partial charge in [-0.2, -0.15) is 0 Å². The van der Waals surface area contributed by atoms with Gasteiger partial charge in [-0.05, 0) is 6.42 Å². The van der Waals surface area contributed by atoms with Gasteiger partial charge < -0.3 is 15.4 Å². The highest BCUT2D eigenvalue weighted by Crippen LogP contribution is 2.19. The summed E-state index contributed by atoms with van der Waals surface area (Å²) in [6.07, 6.45) is 7.78. The zero-order valence-electron chi connectivity index (χ0n) is 13.7. The number of halogens is 1. The first-order valence-electron chi connectivity index (χ1n) is 8.03. The van der Waals surface area contributed by atoms with E-state index in [0.717, 1.165) is 29.8 Å². The van der Waals surface area contributed by atoms with E-state index in [4.69, 9.17) is 16.3 Å². The number of nitrogens with zero attached hydrogens (tertiary/aromatic N) is 5. The molecule has 0 aromatic carbocycles. The van der Waals surface area contributed by atoms with Crippen molar-refractivity contribution in [2.24, 2.45) is 0 Å². The Morgan fingerprint density at radius 3 is 3.16 bits per heavy atom. The largest absolute Gasteiger partial charge is 0.383 e. The quantitative estimate of drug-likeness (QED) is 0.669. The number of rotatable bonds is 5. The van der Waals surface area contributed by atoms with E-state index in [-0.39, 0.29) is 0 Å². The van der Waals surface area contributed by atoms with Crippen LogP contribution in [-0.4, -0.2) is 56.8 Å². The van der Waals surface area contributed by atoms with Gasteiger partial charge in [0.25, 0.3) is 0 Å². The number of nitrogens with one attached hydrogen (secondary N) is 2. The molecule has 0 radical (unpaired) electrons. The normalized spacial score (nSPS) is 20.2. The molecule has 0 saturated carbocycles. The van der Waals surface area contributed by atoms with Crippen LogP contribution in [0.4, 0.5) is 5.82 Å². The van der Waals surface area contributed by atoms with Gasteiger partial charge in [-0.25, -0.2) is 15.0 Å². The monoisotopic (exact) mass is 359 g/mol. The summed E-state index contributed by atoms with van der Waals surface area (Å²) in [5.74, 6) is 1.40. The lowest BCUT2D eigenvalue weighted by Crippen LogP contribution is -2.26. The van der Waals surface area contributed by atoms with Crippen molar-refractivity contribution in [3.63, 3.8) is 0 Å². The van der Waals surface area contributed by atoms with Crippen molar-refractivity contribution in [3.8, 4) is 5.82 Å². The highest BCUT2D eigenvalue weighted by molar-refractivity contribution is 6.29. The van der Waals surface area contributed by atoms with Crippen LogP contribution in [-0.2, 0) is 4.74 Å². The van der Waals surface area contributed by atoms with Crippen molar-refractivity contribution in [1.29, 1.82) is 0 Å². The van der Waals surface area contributed by atoms with Crippen LogP contribution in [0.5, 0.6) is 0 Å². The lowest BCUT2D eigenvalue weighted by Gasteiger charge is -2.13. The molecule has 0 aliphatic carbocycles. The Kier molecular flexibility index (Phi) is 4.48. The van der Waals surface area contributed by atoms with Gasteiger partial charge in [-0.3, -0.25) is 9.55 Å². The molecular weight excluding hydrogens is 342 g/mol. The Balaban J connectivity index is 1.55. The predicted octanol–water partition coefficient (Wildman–Crippen LogP) is 1.65. The first-order chi connectivity index (χ1) is 12.2. The molecule has 3 aromatic heterocycles. The maximum absolute atomic E-state index is 5.92. The number of fused-ring (bicyclic) bond motifs is 1. The third-order valence-corrected chi connectivity index (χ3v) is 4.42. The predicted molar refractivity (Wildman–Crippen MR) is 95.2 cm³/mol. The van der Waals surface area contributed by atoms with Crippen molar-refractivity contribution in [2.45, 2.75) is 18.5 Å². The lowest BCUT2D eigenvalue weighted by atomic mass is 10.2. The minimum atomic E-state index is 0.296. The van der Waals surface area contributed by atoms with Gasteiger partial charge in [0.2, 0.25) is 0 Å². The highest BCUT2D eigenvalue weighted by atomic mass is 35.5. The van der Waals surface area contributed by atoms with Gasteiger partial charge in [0.1, 0.15) is 17.3 Å². The number of hydrogen-bond donors (Lipinski definition) is 2. The minimum Gasteiger partial charge on any atom is -0.383 e. The Morgan fingerprint density at radius 1 is 1.36 bits per heavy atom. The van der Waals surface area contributed by atoms with Crippen molar-refractivity contribution in [1.82, 2.24) is 29.8 Å². The summed E-state index contributed by atoms with van der Waals surface area (Å²) in [7, 11) is 1.72. The smallest absolute Gasteiger partial charge is 0.159 e. The summed E-state index contributed by atoms with van der Waals surface area (Å²) < 4.78 is 7.04. The SMILES string of the molecule is COCC1CC(Nc2cncc(-n3cnc4cc(Cl)ncc43)n2)CN1. The molecule has 2 N–H and O–H groups in total. The zero-order valence-corrected chi connectivity index (χ0v) is 14.4. The average Bonchev–Trinajstić information content (AvgIpc) is 3.22. The Bertz CT molecular complexity index is 884. The average molecular weight is 360 g/mol. The number of hydrogen-bond acceptors (Lipinski definition) is 7. The van der Waals surface area contributed by atoms with Crippen LogP contribution >= 0.6 is 11.6 Å². The standard InChI is InChI=1S/C16H18ClN7O/c1-25-8-11-2-10(4-19-11)22-15-6-18-7-16(23-15)24-9-21-12-3-14(17)20-5-13(12)24/h3,5-7,9-11,19H,2,4,8H2,1H3,(H,22,23). The molecule has 2 unspecified atom stereocenters. The van der Waals surface area contributed by atoms with E-state index in [1.807, 2.05) is 4.57 Å². The molecule has 1 aliphatic rings. The second-order valence-electron chi connectivity index (χ2n) is 6.01. The molecule has 3 aromatic rings. The number of methoxy groups -OCH3 is 1. The van der Waals surface area contributed by atoms with E-state index in [2.05, 4.69) is 30.6 Å². The summed E-state index contributed by atoms with van der Waals surface area (Å²) in [6.45, 7) is 1.58. The van der Waals surface area contributed by atoms with Crippen LogP contribution in [0.3, 0.4) is 0 Å². The highest BCUT2D eigenvalue weighted by Gasteiger charge is 2.24. The molecule has 25 heavy (non-hydrogen) atoms. The van der Waals surface area contributed by atoms with E-state index < -0.39 is 0 Å². The molecule has 0 bridgehead atoms. The van der Waals surface area contributed by atoms with E-state index in [9.17, 15) is 0 Å². The fraction of sp³-hybridized carbons (Fsp3) is 0.375. The molecule has 9 heteroatoms. The Labute approximate surface area is 149 Å². The third kappa shape index (κ3) is 3.41. The van der Waals surface area contributed by atoms with Crippen LogP contribution in [0.1, 0.15) is 6.42 Å². The van der Waals surface area contributed by atoms with E-state index in [0.29, 0.717) is 29.7 Å². The number of ether oxygens (including phenoxy) is 1. The van der Waals surface area contributed by atoms with Crippen LogP contribution in [0.15, 0.2) is 31.0 Å². The fourth-order valence-corrected chi connectivity index (χ4v) is 3.23. The number of aromatic nitrogens is 5. The zero-order chi connectivity index (χ0) is 17.2. The van der Waals surface area contributed by atoms with Crippen molar-refractivity contribution < 1.29 is 4.74 Å². The summed E-state index contributed by atoms with van der Waals surface area (Å²) in [6, 6.07) is 2.39. The molecule has 1 aliphatic heterocycles. The summed E-state index contributed by atoms with van der Waals surface area (Å²) in [5, 5.41) is 7.27. The van der Waals surface area contributed by atoms with Crippen molar-refractivity contribution in [3.05, 3.63) is 36.1 Å². The lowest BCUT2D eigenvalue weighted by molar-refractivity contribution is 0.173. The fourth-order valence-electron chi connectivity index (χ4n) is 3.07. The molecule has 130 valence electrons. The van der Waals surface area contributed by atoms with Gasteiger partial charge in [0, 0.05) is 31.8 Å². The van der Waals surface area contributed by atoms with E-state index in [1.165, 1.54) is 0 Å². The summed E-state index contributed by atoms with van der Waals surface area (Å²) >= 11 is 5.92. The molecule has 0 spiro atoms. The molecule has 0 amide bonds. The van der Waals surface area contributed by atoms with Gasteiger partial charge >= 0.3 is 0 Å². The number of pyridine rings is 1. The summed E-state index contributed by atoms with van der Waals surface area (Å²) in [4.78, 5) is 17.4. The minimum absolute atomic E-state index is 0.296. The van der Waals surface area contributed by atoms with Gasteiger partial charge in [-0.1, -0.05) is 11.6 Å². The molecule has 4 heterocycles. The first-order valence-corrected chi connectivity index (χ1v) is 8.40. The number of imidazole rings is 1. The summed E-state index contributed by atoms with van der Waals surface area (Å²) in [5.41, 5.74) is 1.60. The van der Waals surface area contributed by atoms with Gasteiger partial charge in [-0.15, -0.1) is 0 Å². The molecule has 8 nitrogen and oxygen atoms in total. The van der Waals surface area contributed by atoms with Gasteiger partial charge in [0.15, 0.2) is 5.82 Å². The molecule has 1 saturated heterocycles.